The fraction of sp³-hybridized carbons (Fsp3) is 0.909. The molecule has 0 radical (unpaired) electrons. The van der Waals surface area contributed by atoms with Gasteiger partial charge in [-0.15, -0.1) is 0 Å². The summed E-state index contributed by atoms with van der Waals surface area (Å²) in [5.41, 5.74) is 0. The molecule has 1 aliphatic carbocycles. The first-order chi connectivity index (χ1) is 5.75. The fourth-order valence-electron chi connectivity index (χ4n) is 2.48. The van der Waals surface area contributed by atoms with Crippen molar-refractivity contribution in [2.75, 3.05) is 0 Å². The van der Waals surface area contributed by atoms with E-state index < -0.39 is 0 Å². The summed E-state index contributed by atoms with van der Waals surface area (Å²) in [5.74, 6) is 2.28. The van der Waals surface area contributed by atoms with Crippen molar-refractivity contribution in [3.8, 4) is 6.07 Å². The molecular formula is C11H19N. The monoisotopic (exact) mass is 165 g/mol. The summed E-state index contributed by atoms with van der Waals surface area (Å²) < 4.78 is 0. The molecule has 1 rings (SSSR count). The molecule has 1 fully saturated rings. The minimum absolute atomic E-state index is 0.698. The van der Waals surface area contributed by atoms with Crippen LogP contribution in [0.25, 0.3) is 0 Å². The molecule has 0 aliphatic heterocycles. The Morgan fingerprint density at radius 2 is 2.00 bits per heavy atom. The van der Waals surface area contributed by atoms with Gasteiger partial charge in [0.15, 0.2) is 0 Å². The van der Waals surface area contributed by atoms with Crippen LogP contribution < -0.4 is 0 Å². The van der Waals surface area contributed by atoms with Gasteiger partial charge in [0.1, 0.15) is 0 Å². The van der Waals surface area contributed by atoms with Crippen molar-refractivity contribution in [1.29, 1.82) is 5.26 Å². The van der Waals surface area contributed by atoms with E-state index in [1.807, 2.05) is 0 Å². The van der Waals surface area contributed by atoms with E-state index in [4.69, 9.17) is 5.26 Å². The van der Waals surface area contributed by atoms with Gasteiger partial charge in [-0.05, 0) is 30.6 Å². The summed E-state index contributed by atoms with van der Waals surface area (Å²) in [6.45, 7) is 4.58. The Morgan fingerprint density at radius 1 is 1.33 bits per heavy atom. The maximum Gasteiger partial charge on any atom is 0.0624 e. The molecule has 0 aromatic rings. The van der Waals surface area contributed by atoms with Crippen molar-refractivity contribution in [3.63, 3.8) is 0 Å². The maximum absolute atomic E-state index is 8.67. The Balaban J connectivity index is 2.49. The van der Waals surface area contributed by atoms with Crippen LogP contribution in [0.4, 0.5) is 0 Å². The second kappa shape index (κ2) is 4.50. The Labute approximate surface area is 75.8 Å². The number of hydrogen-bond donors (Lipinski definition) is 0. The second-order valence-corrected chi connectivity index (χ2v) is 4.31. The highest BCUT2D eigenvalue weighted by molar-refractivity contribution is 4.84. The number of hydrogen-bond acceptors (Lipinski definition) is 1. The lowest BCUT2D eigenvalue weighted by molar-refractivity contribution is 0.183. The minimum atomic E-state index is 0.698. The first kappa shape index (κ1) is 9.58. The van der Waals surface area contributed by atoms with Gasteiger partial charge in [0.25, 0.3) is 0 Å². The molecule has 2 unspecified atom stereocenters. The van der Waals surface area contributed by atoms with Crippen molar-refractivity contribution in [1.82, 2.24) is 0 Å². The third-order valence-electron chi connectivity index (χ3n) is 3.18. The summed E-state index contributed by atoms with van der Waals surface area (Å²) in [7, 11) is 0. The average Bonchev–Trinajstić information content (AvgIpc) is 2.05. The largest absolute Gasteiger partial charge is 0.198 e. The highest BCUT2D eigenvalue weighted by atomic mass is 14.3. The fourth-order valence-corrected chi connectivity index (χ4v) is 2.48. The van der Waals surface area contributed by atoms with Gasteiger partial charge in [-0.25, -0.2) is 0 Å². The first-order valence-corrected chi connectivity index (χ1v) is 5.12. The van der Waals surface area contributed by atoms with Crippen LogP contribution in [-0.4, -0.2) is 0 Å². The molecule has 0 saturated heterocycles. The third-order valence-corrected chi connectivity index (χ3v) is 3.18. The van der Waals surface area contributed by atoms with E-state index in [1.165, 1.54) is 25.7 Å². The van der Waals surface area contributed by atoms with Crippen LogP contribution in [-0.2, 0) is 0 Å². The van der Waals surface area contributed by atoms with Crippen LogP contribution in [0.15, 0.2) is 0 Å². The summed E-state index contributed by atoms with van der Waals surface area (Å²) >= 11 is 0. The topological polar surface area (TPSA) is 23.8 Å². The summed E-state index contributed by atoms with van der Waals surface area (Å²) in [6.07, 6.45) is 6.14. The van der Waals surface area contributed by atoms with Gasteiger partial charge in [0, 0.05) is 6.42 Å². The Kier molecular flexibility index (Phi) is 3.59. The Hall–Kier alpha value is -0.510. The molecule has 68 valence electrons. The Morgan fingerprint density at radius 3 is 2.58 bits per heavy atom. The lowest BCUT2D eigenvalue weighted by atomic mass is 9.72. The zero-order valence-corrected chi connectivity index (χ0v) is 8.21. The molecule has 0 aromatic carbocycles. The van der Waals surface area contributed by atoms with Gasteiger partial charge in [-0.2, -0.15) is 5.26 Å². The maximum atomic E-state index is 8.67. The van der Waals surface area contributed by atoms with Crippen molar-refractivity contribution < 1.29 is 0 Å². The molecule has 1 nitrogen and oxygen atoms in total. The summed E-state index contributed by atoms with van der Waals surface area (Å²) in [6, 6.07) is 2.32. The molecular weight excluding hydrogens is 146 g/mol. The van der Waals surface area contributed by atoms with E-state index >= 15 is 0 Å². The van der Waals surface area contributed by atoms with Gasteiger partial charge in [0.05, 0.1) is 6.07 Å². The molecule has 0 aromatic heterocycles. The minimum Gasteiger partial charge on any atom is -0.198 e. The first-order valence-electron chi connectivity index (χ1n) is 5.12. The van der Waals surface area contributed by atoms with Crippen molar-refractivity contribution in [3.05, 3.63) is 0 Å². The van der Waals surface area contributed by atoms with Gasteiger partial charge >= 0.3 is 0 Å². The summed E-state index contributed by atoms with van der Waals surface area (Å²) in [4.78, 5) is 0. The van der Waals surface area contributed by atoms with Crippen molar-refractivity contribution >= 4 is 0 Å². The lowest BCUT2D eigenvalue weighted by Gasteiger charge is -2.32. The molecule has 2 atom stereocenters. The van der Waals surface area contributed by atoms with Crippen LogP contribution >= 0.6 is 0 Å². The van der Waals surface area contributed by atoms with E-state index in [1.54, 1.807) is 0 Å². The predicted molar refractivity (Wildman–Crippen MR) is 50.5 cm³/mol. The van der Waals surface area contributed by atoms with Crippen LogP contribution in [0.2, 0.25) is 0 Å². The molecule has 1 saturated carbocycles. The molecule has 0 N–H and O–H groups in total. The van der Waals surface area contributed by atoms with Crippen LogP contribution in [0, 0.1) is 29.1 Å². The third kappa shape index (κ3) is 2.24. The molecule has 0 spiro atoms. The van der Waals surface area contributed by atoms with Gasteiger partial charge in [-0.3, -0.25) is 0 Å². The van der Waals surface area contributed by atoms with Gasteiger partial charge < -0.3 is 0 Å². The van der Waals surface area contributed by atoms with Crippen LogP contribution in [0.5, 0.6) is 0 Å². The van der Waals surface area contributed by atoms with E-state index in [-0.39, 0.29) is 0 Å². The van der Waals surface area contributed by atoms with Crippen LogP contribution in [0.3, 0.4) is 0 Å². The molecule has 1 aliphatic rings. The van der Waals surface area contributed by atoms with E-state index in [0.29, 0.717) is 5.92 Å². The van der Waals surface area contributed by atoms with E-state index in [0.717, 1.165) is 18.3 Å². The van der Waals surface area contributed by atoms with Crippen molar-refractivity contribution in [2.45, 2.75) is 46.0 Å². The average molecular weight is 165 g/mol. The lowest BCUT2D eigenvalue weighted by Crippen LogP contribution is -2.23. The van der Waals surface area contributed by atoms with Gasteiger partial charge in [-0.1, -0.05) is 26.7 Å². The predicted octanol–water partition coefficient (Wildman–Crippen LogP) is 3.36. The Bertz CT molecular complexity index is 166. The van der Waals surface area contributed by atoms with Crippen LogP contribution in [0.1, 0.15) is 46.0 Å². The molecule has 0 bridgehead atoms. The van der Waals surface area contributed by atoms with Crippen molar-refractivity contribution in [2.24, 2.45) is 17.8 Å². The second-order valence-electron chi connectivity index (χ2n) is 4.31. The number of nitrogens with zero attached hydrogens (tertiary/aromatic N) is 1. The smallest absolute Gasteiger partial charge is 0.0624 e. The highest BCUT2D eigenvalue weighted by Crippen LogP contribution is 2.36. The van der Waals surface area contributed by atoms with E-state index in [9.17, 15) is 0 Å². The molecule has 12 heavy (non-hydrogen) atoms. The standard InChI is InChI=1S/C11H19N/c1-9(2)11-6-4-3-5-10(11)7-8-12/h9-11H,3-7H2,1-2H3. The highest BCUT2D eigenvalue weighted by Gasteiger charge is 2.26. The van der Waals surface area contributed by atoms with Gasteiger partial charge in [0.2, 0.25) is 0 Å². The molecule has 1 heteroatoms. The number of nitriles is 1. The SMILES string of the molecule is CC(C)C1CCCCC1CC#N. The zero-order chi connectivity index (χ0) is 8.97. The summed E-state index contributed by atoms with van der Waals surface area (Å²) in [5, 5.41) is 8.67. The zero-order valence-electron chi connectivity index (χ0n) is 8.21. The quantitative estimate of drug-likeness (QED) is 0.615. The normalized spacial score (nSPS) is 30.2. The number of rotatable bonds is 2. The van der Waals surface area contributed by atoms with E-state index in [2.05, 4.69) is 19.9 Å². The molecule has 0 amide bonds. The molecule has 0 heterocycles.